The van der Waals surface area contributed by atoms with Crippen molar-refractivity contribution in [2.45, 2.75) is 50.1 Å². The maximum atomic E-state index is 12.6. The van der Waals surface area contributed by atoms with Crippen molar-refractivity contribution in [1.29, 1.82) is 0 Å². The molecule has 0 unspecified atom stereocenters. The SMILES string of the molecule is Cc1nc(CN2CCC3(CC[C@@H]3NS(=O)(=O)c3ccccc3)CC2)cs1. The Kier molecular flexibility index (Phi) is 4.90. The van der Waals surface area contributed by atoms with Crippen molar-refractivity contribution in [2.75, 3.05) is 13.1 Å². The quantitative estimate of drug-likeness (QED) is 0.850. The number of sulfonamides is 1. The van der Waals surface area contributed by atoms with Crippen LogP contribution in [0, 0.1) is 12.3 Å². The summed E-state index contributed by atoms with van der Waals surface area (Å²) in [7, 11) is -3.43. The molecule has 1 aliphatic heterocycles. The number of hydrogen-bond donors (Lipinski definition) is 1. The van der Waals surface area contributed by atoms with Crippen molar-refractivity contribution in [2.24, 2.45) is 5.41 Å². The summed E-state index contributed by atoms with van der Waals surface area (Å²) in [5.74, 6) is 0. The minimum absolute atomic E-state index is 0.0661. The second-order valence-electron chi connectivity index (χ2n) is 7.52. The van der Waals surface area contributed by atoms with Crippen LogP contribution in [0.25, 0.3) is 0 Å². The number of thiazole rings is 1. The van der Waals surface area contributed by atoms with Crippen LogP contribution in [0.3, 0.4) is 0 Å². The second-order valence-corrected chi connectivity index (χ2v) is 10.3. The minimum Gasteiger partial charge on any atom is -0.297 e. The maximum Gasteiger partial charge on any atom is 0.240 e. The number of hydrogen-bond acceptors (Lipinski definition) is 5. The molecule has 1 spiro atoms. The van der Waals surface area contributed by atoms with Gasteiger partial charge in [-0.1, -0.05) is 18.2 Å². The number of aromatic nitrogens is 1. The van der Waals surface area contributed by atoms with Crippen LogP contribution in [-0.2, 0) is 16.6 Å². The van der Waals surface area contributed by atoms with E-state index in [-0.39, 0.29) is 11.5 Å². The van der Waals surface area contributed by atoms with Crippen LogP contribution in [0.4, 0.5) is 0 Å². The Labute approximate surface area is 159 Å². The van der Waals surface area contributed by atoms with Crippen molar-refractivity contribution in [3.8, 4) is 0 Å². The van der Waals surface area contributed by atoms with Crippen molar-refractivity contribution in [3.05, 3.63) is 46.4 Å². The van der Waals surface area contributed by atoms with Crippen molar-refractivity contribution >= 4 is 21.4 Å². The van der Waals surface area contributed by atoms with Crippen LogP contribution in [0.5, 0.6) is 0 Å². The summed E-state index contributed by atoms with van der Waals surface area (Å²) in [6.45, 7) is 4.97. The molecule has 1 aliphatic carbocycles. The number of nitrogens with zero attached hydrogens (tertiary/aromatic N) is 2. The molecule has 0 bridgehead atoms. The number of aryl methyl sites for hydroxylation is 1. The van der Waals surface area contributed by atoms with Gasteiger partial charge < -0.3 is 0 Å². The van der Waals surface area contributed by atoms with E-state index in [1.165, 1.54) is 0 Å². The number of rotatable bonds is 5. The second kappa shape index (κ2) is 7.03. The minimum atomic E-state index is -3.43. The van der Waals surface area contributed by atoms with Gasteiger partial charge >= 0.3 is 0 Å². The molecule has 1 N–H and O–H groups in total. The number of likely N-dealkylation sites (tertiary alicyclic amines) is 1. The molecule has 2 aromatic rings. The van der Waals surface area contributed by atoms with Gasteiger partial charge in [-0.15, -0.1) is 11.3 Å². The van der Waals surface area contributed by atoms with Crippen LogP contribution in [-0.4, -0.2) is 37.4 Å². The molecule has 1 aromatic heterocycles. The molecule has 1 atom stereocenters. The third kappa shape index (κ3) is 3.58. The summed E-state index contributed by atoms with van der Waals surface area (Å²) >= 11 is 1.70. The largest absolute Gasteiger partial charge is 0.297 e. The number of piperidine rings is 1. The number of benzene rings is 1. The van der Waals surface area contributed by atoms with Gasteiger partial charge in [0.05, 0.1) is 15.6 Å². The van der Waals surface area contributed by atoms with Gasteiger partial charge in [0.25, 0.3) is 0 Å². The van der Waals surface area contributed by atoms with E-state index in [2.05, 4.69) is 20.0 Å². The maximum absolute atomic E-state index is 12.6. The average Bonchev–Trinajstić information content (AvgIpc) is 3.05. The lowest BCUT2D eigenvalue weighted by atomic mass is 9.59. The summed E-state index contributed by atoms with van der Waals surface area (Å²) in [6, 6.07) is 8.76. The summed E-state index contributed by atoms with van der Waals surface area (Å²) in [5.41, 5.74) is 1.29. The summed E-state index contributed by atoms with van der Waals surface area (Å²) in [4.78, 5) is 7.36. The Morgan fingerprint density at radius 3 is 2.54 bits per heavy atom. The van der Waals surface area contributed by atoms with Gasteiger partial charge in [0, 0.05) is 18.0 Å². The molecule has 1 saturated heterocycles. The van der Waals surface area contributed by atoms with Crippen LogP contribution in [0.15, 0.2) is 40.6 Å². The molecule has 2 fully saturated rings. The van der Waals surface area contributed by atoms with Gasteiger partial charge in [0.15, 0.2) is 0 Å². The van der Waals surface area contributed by atoms with E-state index in [9.17, 15) is 8.42 Å². The van der Waals surface area contributed by atoms with Gasteiger partial charge in [-0.2, -0.15) is 0 Å². The molecule has 0 radical (unpaired) electrons. The smallest absolute Gasteiger partial charge is 0.240 e. The highest BCUT2D eigenvalue weighted by Crippen LogP contribution is 2.49. The van der Waals surface area contributed by atoms with Gasteiger partial charge in [-0.3, -0.25) is 4.90 Å². The first kappa shape index (κ1) is 18.1. The predicted molar refractivity (Wildman–Crippen MR) is 104 cm³/mol. The van der Waals surface area contributed by atoms with E-state index >= 15 is 0 Å². The van der Waals surface area contributed by atoms with Crippen molar-refractivity contribution < 1.29 is 8.42 Å². The first-order valence-corrected chi connectivity index (χ1v) is 11.5. The number of nitrogens with one attached hydrogen (secondary N) is 1. The summed E-state index contributed by atoms with van der Waals surface area (Å²) in [5, 5.41) is 3.25. The zero-order chi connectivity index (χ0) is 18.2. The fourth-order valence-electron chi connectivity index (χ4n) is 4.20. The molecule has 2 heterocycles. The standard InChI is InChI=1S/C19H25N3O2S2/c1-15-20-16(14-25-15)13-22-11-9-19(10-12-22)8-7-18(19)21-26(23,24)17-5-3-2-4-6-17/h2-6,14,18,21H,7-13H2,1H3/t18-/m0/s1. The highest BCUT2D eigenvalue weighted by atomic mass is 32.2. The van der Waals surface area contributed by atoms with E-state index < -0.39 is 10.0 Å². The Hall–Kier alpha value is -1.28. The lowest BCUT2D eigenvalue weighted by Crippen LogP contribution is -2.58. The first-order valence-electron chi connectivity index (χ1n) is 9.18. The lowest BCUT2D eigenvalue weighted by Gasteiger charge is -2.53. The van der Waals surface area contributed by atoms with E-state index in [0.29, 0.717) is 4.90 Å². The van der Waals surface area contributed by atoms with Crippen LogP contribution in [0.1, 0.15) is 36.4 Å². The highest BCUT2D eigenvalue weighted by molar-refractivity contribution is 7.89. The van der Waals surface area contributed by atoms with E-state index in [0.717, 1.165) is 56.0 Å². The third-order valence-corrected chi connectivity index (χ3v) is 8.23. The van der Waals surface area contributed by atoms with Crippen LogP contribution in [0.2, 0.25) is 0 Å². The zero-order valence-corrected chi connectivity index (χ0v) is 16.7. The van der Waals surface area contributed by atoms with E-state index in [4.69, 9.17) is 0 Å². The van der Waals surface area contributed by atoms with Crippen LogP contribution >= 0.6 is 11.3 Å². The Balaban J connectivity index is 1.37. The Morgan fingerprint density at radius 1 is 1.23 bits per heavy atom. The third-order valence-electron chi connectivity index (χ3n) is 5.93. The summed E-state index contributed by atoms with van der Waals surface area (Å²) < 4.78 is 28.3. The zero-order valence-electron chi connectivity index (χ0n) is 15.0. The molecule has 26 heavy (non-hydrogen) atoms. The van der Waals surface area contributed by atoms with E-state index in [1.54, 1.807) is 35.6 Å². The lowest BCUT2D eigenvalue weighted by molar-refractivity contribution is 0.000423. The van der Waals surface area contributed by atoms with E-state index in [1.807, 2.05) is 13.0 Å². The summed E-state index contributed by atoms with van der Waals surface area (Å²) in [6.07, 6.45) is 4.17. The topological polar surface area (TPSA) is 62.3 Å². The molecule has 1 saturated carbocycles. The Morgan fingerprint density at radius 2 is 1.96 bits per heavy atom. The predicted octanol–water partition coefficient (Wildman–Crippen LogP) is 3.17. The molecule has 140 valence electrons. The average molecular weight is 392 g/mol. The normalized spacial score (nSPS) is 23.0. The Bertz CT molecular complexity index is 856. The molecule has 2 aliphatic rings. The molecule has 4 rings (SSSR count). The highest BCUT2D eigenvalue weighted by Gasteiger charge is 2.49. The molecule has 5 nitrogen and oxygen atoms in total. The molecular weight excluding hydrogens is 366 g/mol. The van der Waals surface area contributed by atoms with Crippen molar-refractivity contribution in [3.63, 3.8) is 0 Å². The molecule has 1 aromatic carbocycles. The fraction of sp³-hybridized carbons (Fsp3) is 0.526. The molecule has 0 amide bonds. The van der Waals surface area contributed by atoms with Gasteiger partial charge in [0.1, 0.15) is 0 Å². The molecular formula is C19H25N3O2S2. The fourth-order valence-corrected chi connectivity index (χ4v) is 6.20. The monoisotopic (exact) mass is 391 g/mol. The first-order chi connectivity index (χ1) is 12.5. The van der Waals surface area contributed by atoms with Gasteiger partial charge in [-0.05, 0) is 63.2 Å². The van der Waals surface area contributed by atoms with Crippen LogP contribution < -0.4 is 4.72 Å². The van der Waals surface area contributed by atoms with Gasteiger partial charge in [0.2, 0.25) is 10.0 Å². The van der Waals surface area contributed by atoms with Gasteiger partial charge in [-0.25, -0.2) is 18.1 Å². The molecule has 7 heteroatoms. The van der Waals surface area contributed by atoms with Crippen molar-refractivity contribution in [1.82, 2.24) is 14.6 Å².